The number of benzene rings is 3. The molecule has 1 aliphatic rings. The highest BCUT2D eigenvalue weighted by molar-refractivity contribution is 8.18. The second kappa shape index (κ2) is 11.5. The average Bonchev–Trinajstić information content (AvgIpc) is 3.16. The summed E-state index contributed by atoms with van der Waals surface area (Å²) in [6.07, 6.45) is 1.68. The molecule has 37 heavy (non-hydrogen) atoms. The van der Waals surface area contributed by atoms with Crippen molar-refractivity contribution in [3.8, 4) is 11.5 Å². The molecule has 7 nitrogen and oxygen atoms in total. The lowest BCUT2D eigenvalue weighted by Crippen LogP contribution is -2.23. The molecule has 1 amide bonds. The minimum absolute atomic E-state index is 0.0250. The highest BCUT2D eigenvalue weighted by Gasteiger charge is 2.30. The minimum Gasteiger partial charge on any atom is -0.493 e. The zero-order valence-corrected chi connectivity index (χ0v) is 21.7. The van der Waals surface area contributed by atoms with E-state index in [2.05, 4.69) is 4.99 Å². The molecular formula is C27H22ClFN2O5S. The molecule has 0 atom stereocenters. The van der Waals surface area contributed by atoms with E-state index in [1.165, 1.54) is 36.9 Å². The Bertz CT molecular complexity index is 1410. The number of carbonyl (C=O) groups excluding carboxylic acids is 2. The van der Waals surface area contributed by atoms with Gasteiger partial charge in [0.15, 0.2) is 16.7 Å². The summed E-state index contributed by atoms with van der Waals surface area (Å²) in [5, 5.41) is 0.732. The Morgan fingerprint density at radius 3 is 2.54 bits per heavy atom. The summed E-state index contributed by atoms with van der Waals surface area (Å²) in [4.78, 5) is 30.9. The number of halogens is 2. The van der Waals surface area contributed by atoms with E-state index in [9.17, 15) is 14.0 Å². The van der Waals surface area contributed by atoms with Crippen molar-refractivity contribution in [1.29, 1.82) is 0 Å². The average molecular weight is 541 g/mol. The van der Waals surface area contributed by atoms with E-state index in [0.29, 0.717) is 38.2 Å². The fourth-order valence-corrected chi connectivity index (χ4v) is 4.69. The third kappa shape index (κ3) is 5.95. The molecule has 3 aromatic carbocycles. The first-order valence-electron chi connectivity index (χ1n) is 11.0. The van der Waals surface area contributed by atoms with Crippen molar-refractivity contribution in [3.63, 3.8) is 0 Å². The molecule has 1 aliphatic heterocycles. The molecule has 4 rings (SSSR count). The molecule has 0 saturated carbocycles. The standard InChI is InChI=1S/C27H22ClFN2O5S/c1-31-25(32)23(37-27(31)30-19-10-8-17(9-11-19)26(33)35-3)14-16-12-20(28)24(22(13-16)34-2)36-15-18-6-4-5-7-21(18)29/h4-14H,15H2,1-3H3. The Morgan fingerprint density at radius 2 is 1.86 bits per heavy atom. The van der Waals surface area contributed by atoms with E-state index >= 15 is 0 Å². The summed E-state index contributed by atoms with van der Waals surface area (Å²) >= 11 is 7.67. The van der Waals surface area contributed by atoms with Crippen LogP contribution < -0.4 is 9.47 Å². The Balaban J connectivity index is 1.55. The number of esters is 1. The fourth-order valence-electron chi connectivity index (χ4n) is 3.43. The highest BCUT2D eigenvalue weighted by atomic mass is 35.5. The Labute approximate surface area is 222 Å². The summed E-state index contributed by atoms with van der Waals surface area (Å²) in [5.74, 6) is -0.430. The van der Waals surface area contributed by atoms with Crippen LogP contribution >= 0.6 is 23.4 Å². The minimum atomic E-state index is -0.440. The van der Waals surface area contributed by atoms with Gasteiger partial charge in [-0.2, -0.15) is 0 Å². The van der Waals surface area contributed by atoms with Crippen molar-refractivity contribution in [2.24, 2.45) is 4.99 Å². The van der Waals surface area contributed by atoms with Gasteiger partial charge in [-0.1, -0.05) is 29.8 Å². The van der Waals surface area contributed by atoms with Crippen LogP contribution in [0.2, 0.25) is 5.02 Å². The van der Waals surface area contributed by atoms with Crippen LogP contribution in [0.25, 0.3) is 6.08 Å². The van der Waals surface area contributed by atoms with Crippen molar-refractivity contribution in [2.75, 3.05) is 21.3 Å². The van der Waals surface area contributed by atoms with E-state index in [1.807, 2.05) is 0 Å². The number of methoxy groups -OCH3 is 2. The lowest BCUT2D eigenvalue weighted by Gasteiger charge is -2.14. The van der Waals surface area contributed by atoms with Gasteiger partial charge < -0.3 is 14.2 Å². The van der Waals surface area contributed by atoms with E-state index in [4.69, 9.17) is 25.8 Å². The van der Waals surface area contributed by atoms with Gasteiger partial charge in [-0.3, -0.25) is 9.69 Å². The van der Waals surface area contributed by atoms with Crippen LogP contribution in [0.3, 0.4) is 0 Å². The molecule has 1 saturated heterocycles. The summed E-state index contributed by atoms with van der Waals surface area (Å²) in [6.45, 7) is -0.0250. The van der Waals surface area contributed by atoms with Crippen LogP contribution in [0.5, 0.6) is 11.5 Å². The van der Waals surface area contributed by atoms with Gasteiger partial charge in [-0.05, 0) is 65.9 Å². The zero-order valence-electron chi connectivity index (χ0n) is 20.2. The number of thioether (sulfide) groups is 1. The molecule has 0 bridgehead atoms. The van der Waals surface area contributed by atoms with Gasteiger partial charge in [0.05, 0.1) is 35.4 Å². The first kappa shape index (κ1) is 26.2. The smallest absolute Gasteiger partial charge is 0.337 e. The number of likely N-dealkylation sites (N-methyl/N-ethyl adjacent to an activating group) is 1. The summed E-state index contributed by atoms with van der Waals surface area (Å²) in [6, 6.07) is 16.2. The molecule has 190 valence electrons. The maximum absolute atomic E-state index is 14.0. The Hall–Kier alpha value is -3.82. The van der Waals surface area contributed by atoms with Crippen LogP contribution in [0.1, 0.15) is 21.5 Å². The van der Waals surface area contributed by atoms with E-state index in [-0.39, 0.29) is 29.1 Å². The number of amidine groups is 1. The van der Waals surface area contributed by atoms with Crippen LogP contribution in [-0.2, 0) is 16.1 Å². The number of rotatable bonds is 7. The van der Waals surface area contributed by atoms with Gasteiger partial charge in [0, 0.05) is 12.6 Å². The summed E-state index contributed by atoms with van der Waals surface area (Å²) in [7, 11) is 4.42. The molecule has 0 aromatic heterocycles. The quantitative estimate of drug-likeness (QED) is 0.267. The van der Waals surface area contributed by atoms with Crippen LogP contribution in [0, 0.1) is 5.82 Å². The molecule has 0 unspecified atom stereocenters. The highest BCUT2D eigenvalue weighted by Crippen LogP contribution is 2.39. The molecule has 10 heteroatoms. The number of nitrogens with zero attached hydrogens (tertiary/aromatic N) is 2. The van der Waals surface area contributed by atoms with Crippen molar-refractivity contribution >= 4 is 52.2 Å². The van der Waals surface area contributed by atoms with Gasteiger partial charge >= 0.3 is 5.97 Å². The van der Waals surface area contributed by atoms with Crippen molar-refractivity contribution in [3.05, 3.63) is 93.1 Å². The molecule has 1 heterocycles. The molecule has 0 aliphatic carbocycles. The fraction of sp³-hybridized carbons (Fsp3) is 0.148. The van der Waals surface area contributed by atoms with Crippen molar-refractivity contribution in [2.45, 2.75) is 6.61 Å². The number of hydrogen-bond acceptors (Lipinski definition) is 7. The first-order chi connectivity index (χ1) is 17.8. The van der Waals surface area contributed by atoms with Crippen LogP contribution in [0.15, 0.2) is 70.6 Å². The number of carbonyl (C=O) groups is 2. The monoisotopic (exact) mass is 540 g/mol. The number of amides is 1. The largest absolute Gasteiger partial charge is 0.493 e. The predicted molar refractivity (Wildman–Crippen MR) is 142 cm³/mol. The Kier molecular flexibility index (Phi) is 8.15. The van der Waals surface area contributed by atoms with Gasteiger partial charge in [-0.15, -0.1) is 0 Å². The predicted octanol–water partition coefficient (Wildman–Crippen LogP) is 6.09. The zero-order chi connectivity index (χ0) is 26.5. The number of ether oxygens (including phenoxy) is 3. The number of hydrogen-bond donors (Lipinski definition) is 0. The summed E-state index contributed by atoms with van der Waals surface area (Å²) < 4.78 is 29.8. The van der Waals surface area contributed by atoms with E-state index in [0.717, 1.165) is 0 Å². The third-order valence-electron chi connectivity index (χ3n) is 5.40. The second-order valence-electron chi connectivity index (χ2n) is 7.82. The second-order valence-corrected chi connectivity index (χ2v) is 9.24. The van der Waals surface area contributed by atoms with Crippen LogP contribution in [0.4, 0.5) is 10.1 Å². The van der Waals surface area contributed by atoms with E-state index in [1.54, 1.807) is 67.7 Å². The molecule has 0 N–H and O–H groups in total. The van der Waals surface area contributed by atoms with E-state index < -0.39 is 5.97 Å². The van der Waals surface area contributed by atoms with Crippen molar-refractivity contribution < 1.29 is 28.2 Å². The first-order valence-corrected chi connectivity index (χ1v) is 12.2. The normalized spacial score (nSPS) is 15.4. The summed E-state index contributed by atoms with van der Waals surface area (Å²) in [5.41, 5.74) is 1.99. The topological polar surface area (TPSA) is 77.4 Å². The molecule has 0 spiro atoms. The molecule has 0 radical (unpaired) electrons. The maximum atomic E-state index is 14.0. The van der Waals surface area contributed by atoms with Crippen molar-refractivity contribution in [1.82, 2.24) is 4.90 Å². The lowest BCUT2D eigenvalue weighted by atomic mass is 10.1. The van der Waals surface area contributed by atoms with Gasteiger partial charge in [0.2, 0.25) is 0 Å². The maximum Gasteiger partial charge on any atom is 0.337 e. The van der Waals surface area contributed by atoms with Crippen LogP contribution in [-0.4, -0.2) is 43.2 Å². The SMILES string of the molecule is COC(=O)c1ccc(N=C2SC(=Cc3cc(Cl)c(OCc4ccccc4F)c(OC)c3)C(=O)N2C)cc1. The molecule has 1 fully saturated rings. The third-order valence-corrected chi connectivity index (χ3v) is 6.74. The van der Waals surface area contributed by atoms with Gasteiger partial charge in [0.1, 0.15) is 12.4 Å². The van der Waals surface area contributed by atoms with Gasteiger partial charge in [0.25, 0.3) is 5.91 Å². The molecular weight excluding hydrogens is 519 g/mol. The Morgan fingerprint density at radius 1 is 1.14 bits per heavy atom. The number of aliphatic imine (C=N–C) groups is 1. The van der Waals surface area contributed by atoms with Gasteiger partial charge in [-0.25, -0.2) is 14.2 Å². The molecule has 3 aromatic rings. The lowest BCUT2D eigenvalue weighted by molar-refractivity contribution is -0.121.